The minimum Gasteiger partial charge on any atom is -0.310 e. The maximum Gasteiger partial charge on any atom is 0.0979 e. The fraction of sp³-hybridized carbons (Fsp3) is 0. The van der Waals surface area contributed by atoms with E-state index in [1.807, 2.05) is 23.5 Å². The number of benzene rings is 9. The summed E-state index contributed by atoms with van der Waals surface area (Å²) in [5, 5.41) is 7.06. The molecule has 2 aromatic heterocycles. The molecule has 2 heterocycles. The van der Waals surface area contributed by atoms with Gasteiger partial charge in [-0.15, -0.1) is 11.3 Å². The Labute approximate surface area is 328 Å². The lowest BCUT2D eigenvalue weighted by Gasteiger charge is -2.28. The first kappa shape index (κ1) is 32.3. The summed E-state index contributed by atoms with van der Waals surface area (Å²) in [5.41, 5.74) is 11.2. The third kappa shape index (κ3) is 5.42. The summed E-state index contributed by atoms with van der Waals surface area (Å²) in [6.07, 6.45) is 0. The summed E-state index contributed by atoms with van der Waals surface area (Å²) in [6.45, 7) is 0. The van der Waals surface area contributed by atoms with E-state index >= 15 is 0 Å². The third-order valence-corrected chi connectivity index (χ3v) is 12.0. The van der Waals surface area contributed by atoms with Gasteiger partial charge in [-0.05, 0) is 70.3 Å². The standard InChI is InChI=1S/C52H33N3S/c1-4-14-34(15-5-1)41-20-10-12-22-46(41)55(40-29-31-48-44(33-40)42-21-11-13-23-47(42)56-48)39-28-26-35-24-25-36-27-30-45-52(49(36)43(35)32-39)54-51(38-18-8-3-9-19-38)50(53-45)37-16-6-2-7-17-37/h1-33H. The molecule has 0 spiro atoms. The highest BCUT2D eigenvalue weighted by Crippen LogP contribution is 2.45. The molecule has 0 amide bonds. The largest absolute Gasteiger partial charge is 0.310 e. The molecule has 0 aliphatic carbocycles. The molecule has 262 valence electrons. The van der Waals surface area contributed by atoms with Crippen LogP contribution in [0.4, 0.5) is 17.1 Å². The van der Waals surface area contributed by atoms with Crippen LogP contribution in [0.2, 0.25) is 0 Å². The molecule has 11 aromatic rings. The molecular formula is C52H33N3S. The molecule has 56 heavy (non-hydrogen) atoms. The Balaban J connectivity index is 1.19. The van der Waals surface area contributed by atoms with Crippen LogP contribution in [0, 0.1) is 0 Å². The van der Waals surface area contributed by atoms with Crippen molar-refractivity contribution in [3.63, 3.8) is 0 Å². The number of para-hydroxylation sites is 1. The van der Waals surface area contributed by atoms with Crippen LogP contribution in [-0.4, -0.2) is 9.97 Å². The van der Waals surface area contributed by atoms with Crippen LogP contribution >= 0.6 is 11.3 Å². The fourth-order valence-corrected chi connectivity index (χ4v) is 9.28. The molecule has 0 fully saturated rings. The zero-order valence-corrected chi connectivity index (χ0v) is 31.1. The zero-order chi connectivity index (χ0) is 37.0. The second-order valence-electron chi connectivity index (χ2n) is 14.2. The Morgan fingerprint density at radius 3 is 1.71 bits per heavy atom. The van der Waals surface area contributed by atoms with Crippen LogP contribution in [0.15, 0.2) is 200 Å². The number of rotatable bonds is 6. The minimum absolute atomic E-state index is 0.870. The third-order valence-electron chi connectivity index (χ3n) is 10.8. The number of anilines is 3. The van der Waals surface area contributed by atoms with Gasteiger partial charge in [-0.2, -0.15) is 0 Å². The highest BCUT2D eigenvalue weighted by molar-refractivity contribution is 7.25. The van der Waals surface area contributed by atoms with E-state index in [2.05, 4.69) is 193 Å². The van der Waals surface area contributed by atoms with Crippen molar-refractivity contribution in [2.75, 3.05) is 4.90 Å². The fourth-order valence-electron chi connectivity index (χ4n) is 8.19. The van der Waals surface area contributed by atoms with E-state index in [9.17, 15) is 0 Å². The van der Waals surface area contributed by atoms with Gasteiger partial charge >= 0.3 is 0 Å². The maximum atomic E-state index is 5.53. The van der Waals surface area contributed by atoms with E-state index < -0.39 is 0 Å². The van der Waals surface area contributed by atoms with Gasteiger partial charge in [0.05, 0.1) is 28.1 Å². The van der Waals surface area contributed by atoms with Crippen LogP contribution in [0.5, 0.6) is 0 Å². The van der Waals surface area contributed by atoms with E-state index in [1.165, 1.54) is 31.3 Å². The van der Waals surface area contributed by atoms with Crippen molar-refractivity contribution in [1.29, 1.82) is 0 Å². The molecule has 3 nitrogen and oxygen atoms in total. The average molecular weight is 732 g/mol. The van der Waals surface area contributed by atoms with E-state index in [1.54, 1.807) is 0 Å². The normalized spacial score (nSPS) is 11.6. The topological polar surface area (TPSA) is 29.0 Å². The number of nitrogens with zero attached hydrogens (tertiary/aromatic N) is 3. The Morgan fingerprint density at radius 2 is 0.946 bits per heavy atom. The number of aromatic nitrogens is 2. The summed E-state index contributed by atoms with van der Waals surface area (Å²) >= 11 is 1.85. The highest BCUT2D eigenvalue weighted by Gasteiger charge is 2.21. The van der Waals surface area contributed by atoms with E-state index in [0.29, 0.717) is 0 Å². The minimum atomic E-state index is 0.870. The number of fused-ring (bicyclic) bond motifs is 8. The highest BCUT2D eigenvalue weighted by atomic mass is 32.1. The molecule has 0 unspecified atom stereocenters. The smallest absolute Gasteiger partial charge is 0.0979 e. The van der Waals surface area contributed by atoms with Gasteiger partial charge in [0.15, 0.2) is 0 Å². The lowest BCUT2D eigenvalue weighted by atomic mass is 9.97. The Bertz CT molecular complexity index is 3250. The SMILES string of the molecule is c1ccc(-c2ccccc2N(c2ccc3sc4ccccc4c3c2)c2ccc3ccc4ccc5nc(-c6ccccc6)c(-c6ccccc6)nc5c4c3c2)cc1. The molecular weight excluding hydrogens is 699 g/mol. The van der Waals surface area contributed by atoms with Gasteiger partial charge in [-0.3, -0.25) is 0 Å². The van der Waals surface area contributed by atoms with Crippen LogP contribution in [0.3, 0.4) is 0 Å². The number of hydrogen-bond donors (Lipinski definition) is 0. The monoisotopic (exact) mass is 731 g/mol. The maximum absolute atomic E-state index is 5.53. The van der Waals surface area contributed by atoms with Crippen molar-refractivity contribution in [3.05, 3.63) is 200 Å². The quantitative estimate of drug-likeness (QED) is 0.159. The molecule has 4 heteroatoms. The first-order valence-electron chi connectivity index (χ1n) is 18.9. The molecule has 0 saturated carbocycles. The van der Waals surface area contributed by atoms with Crippen molar-refractivity contribution >= 4 is 81.1 Å². The Kier molecular flexibility index (Phi) is 7.68. The Morgan fingerprint density at radius 1 is 0.393 bits per heavy atom. The summed E-state index contributed by atoms with van der Waals surface area (Å²) in [5.74, 6) is 0. The van der Waals surface area contributed by atoms with Gasteiger partial charge in [-0.25, -0.2) is 9.97 Å². The van der Waals surface area contributed by atoms with Crippen molar-refractivity contribution in [2.45, 2.75) is 0 Å². The molecule has 0 atom stereocenters. The number of thiophene rings is 1. The van der Waals surface area contributed by atoms with Crippen LogP contribution in [0.1, 0.15) is 0 Å². The lowest BCUT2D eigenvalue weighted by Crippen LogP contribution is -2.11. The molecule has 0 radical (unpaired) electrons. The van der Waals surface area contributed by atoms with Crippen molar-refractivity contribution in [1.82, 2.24) is 9.97 Å². The second-order valence-corrected chi connectivity index (χ2v) is 15.2. The van der Waals surface area contributed by atoms with E-state index in [-0.39, 0.29) is 0 Å². The second kappa shape index (κ2) is 13.3. The molecule has 0 bridgehead atoms. The van der Waals surface area contributed by atoms with Crippen LogP contribution < -0.4 is 4.90 Å². The molecule has 0 saturated heterocycles. The molecule has 0 N–H and O–H groups in total. The molecule has 9 aromatic carbocycles. The summed E-state index contributed by atoms with van der Waals surface area (Å²) in [4.78, 5) is 13.3. The van der Waals surface area contributed by atoms with Crippen LogP contribution in [-0.2, 0) is 0 Å². The lowest BCUT2D eigenvalue weighted by molar-refractivity contribution is 1.29. The van der Waals surface area contributed by atoms with E-state index in [0.717, 1.165) is 72.2 Å². The molecule has 0 aliphatic rings. The van der Waals surface area contributed by atoms with Gasteiger partial charge < -0.3 is 4.90 Å². The summed E-state index contributed by atoms with van der Waals surface area (Å²) < 4.78 is 2.58. The molecule has 0 aliphatic heterocycles. The summed E-state index contributed by atoms with van der Waals surface area (Å²) in [7, 11) is 0. The zero-order valence-electron chi connectivity index (χ0n) is 30.3. The van der Waals surface area contributed by atoms with Gasteiger partial charge in [0, 0.05) is 53.6 Å². The van der Waals surface area contributed by atoms with Gasteiger partial charge in [0.2, 0.25) is 0 Å². The van der Waals surface area contributed by atoms with Gasteiger partial charge in [-0.1, -0.05) is 152 Å². The molecule has 11 rings (SSSR count). The first-order valence-corrected chi connectivity index (χ1v) is 19.7. The van der Waals surface area contributed by atoms with E-state index in [4.69, 9.17) is 9.97 Å². The summed E-state index contributed by atoms with van der Waals surface area (Å²) in [6, 6.07) is 71.5. The predicted molar refractivity (Wildman–Crippen MR) is 238 cm³/mol. The van der Waals surface area contributed by atoms with Crippen LogP contribution in [0.25, 0.3) is 86.4 Å². The first-order chi connectivity index (χ1) is 27.8. The van der Waals surface area contributed by atoms with Gasteiger partial charge in [0.25, 0.3) is 0 Å². The predicted octanol–water partition coefficient (Wildman–Crippen LogP) is 14.8. The van der Waals surface area contributed by atoms with Crippen molar-refractivity contribution in [2.24, 2.45) is 0 Å². The van der Waals surface area contributed by atoms with Gasteiger partial charge in [0.1, 0.15) is 0 Å². The van der Waals surface area contributed by atoms with Crippen molar-refractivity contribution < 1.29 is 0 Å². The Hall–Kier alpha value is -7.14. The number of hydrogen-bond acceptors (Lipinski definition) is 4. The average Bonchev–Trinajstić information content (AvgIpc) is 3.65. The van der Waals surface area contributed by atoms with Crippen molar-refractivity contribution in [3.8, 4) is 33.6 Å².